The first-order valence-electron chi connectivity index (χ1n) is 32.9. The molecule has 4 aromatic rings. The van der Waals surface area contributed by atoms with Crippen LogP contribution >= 0.6 is 15.8 Å². The van der Waals surface area contributed by atoms with Crippen LogP contribution in [-0.4, -0.2) is 5.90 Å². The van der Waals surface area contributed by atoms with Crippen molar-refractivity contribution >= 4 is 37.1 Å². The Morgan fingerprint density at radius 2 is 0.360 bits per heavy atom. The van der Waals surface area contributed by atoms with E-state index in [0.29, 0.717) is 0 Å². The van der Waals surface area contributed by atoms with E-state index in [1.54, 1.807) is 88.0 Å². The minimum absolute atomic E-state index is 0.722. The summed E-state index contributed by atoms with van der Waals surface area (Å²) in [5, 5.41) is 7.11. The Labute approximate surface area is 469 Å². The summed E-state index contributed by atoms with van der Waals surface area (Å²) in [6.07, 6.45) is 45.3. The first-order chi connectivity index (χ1) is 36.8. The van der Waals surface area contributed by atoms with Crippen LogP contribution in [0.2, 0.25) is 0 Å². The Morgan fingerprint density at radius 3 is 0.533 bits per heavy atom. The van der Waals surface area contributed by atoms with E-state index < -0.39 is 15.8 Å². The Kier molecular flexibility index (Phi) is 33.4. The SMILES string of the molecule is CCCCc1ccc(P(CP(c2ccc(CCCC)c(CCCC)c2CCCC)c2ccc(CCCC)c(CCCC)c2CCCC)c2ccc(CCCC)c(CCCC)c2CCCC)c(CCCC)c1CCCC. The number of hydrogen-bond acceptors (Lipinski definition) is 0. The number of benzene rings is 4. The second kappa shape index (κ2) is 38.4. The van der Waals surface area contributed by atoms with Crippen LogP contribution in [0, 0.1) is 0 Å². The van der Waals surface area contributed by atoms with Crippen LogP contribution in [0.5, 0.6) is 0 Å². The predicted octanol–water partition coefficient (Wildman–Crippen LogP) is 21.3. The van der Waals surface area contributed by atoms with Crippen molar-refractivity contribution in [3.8, 4) is 0 Å². The zero-order valence-electron chi connectivity index (χ0n) is 51.7. The summed E-state index contributed by atoms with van der Waals surface area (Å²) in [4.78, 5) is 0. The third kappa shape index (κ3) is 19.5. The fraction of sp³-hybridized carbons (Fsp3) is 0.671. The van der Waals surface area contributed by atoms with Crippen molar-refractivity contribution in [2.24, 2.45) is 0 Å². The van der Waals surface area contributed by atoms with Crippen LogP contribution in [0.1, 0.15) is 304 Å². The molecule has 0 fully saturated rings. The zero-order valence-corrected chi connectivity index (χ0v) is 53.5. The Morgan fingerprint density at radius 1 is 0.200 bits per heavy atom. The Bertz CT molecular complexity index is 1870. The van der Waals surface area contributed by atoms with Gasteiger partial charge >= 0.3 is 0 Å². The molecule has 420 valence electrons. The van der Waals surface area contributed by atoms with Crippen molar-refractivity contribution in [2.75, 3.05) is 5.90 Å². The summed E-state index contributed by atoms with van der Waals surface area (Å²) in [5.41, 5.74) is 21.0. The second-order valence-electron chi connectivity index (χ2n) is 23.0. The third-order valence-electron chi connectivity index (χ3n) is 16.9. The third-order valence-corrected chi connectivity index (χ3v) is 23.2. The molecule has 0 bridgehead atoms. The van der Waals surface area contributed by atoms with Gasteiger partial charge in [0.15, 0.2) is 0 Å². The summed E-state index contributed by atoms with van der Waals surface area (Å²) in [5.74, 6) is 1.27. The quantitative estimate of drug-likeness (QED) is 0.0388. The Balaban J connectivity index is 2.38. The summed E-state index contributed by atoms with van der Waals surface area (Å²) in [6, 6.07) is 22.0. The maximum atomic E-state index is 2.79. The maximum Gasteiger partial charge on any atom is 0.00409 e. The van der Waals surface area contributed by atoms with E-state index in [-0.39, 0.29) is 0 Å². The molecule has 0 saturated heterocycles. The first kappa shape index (κ1) is 65.3. The molecule has 4 aromatic carbocycles. The molecule has 0 radical (unpaired) electrons. The fourth-order valence-electron chi connectivity index (χ4n) is 12.2. The van der Waals surface area contributed by atoms with Gasteiger partial charge in [0, 0.05) is 5.90 Å². The molecule has 0 aliphatic carbocycles. The van der Waals surface area contributed by atoms with E-state index in [1.807, 2.05) is 0 Å². The lowest BCUT2D eigenvalue weighted by Crippen LogP contribution is -2.29. The standard InChI is InChI=1S/C73H118P2/c1-13-25-37-58-49-53-70(66(45-33-21-9)62(58)41-29-17-5)74(71-54-50-59(38-26-14-2)63(42-30-18-6)67(71)46-34-22-10)57-75(72-55-51-60(39-27-15-3)64(43-31-19-7)68(72)47-35-23-11)73-56-52-61(40-28-16-4)65(44-32-20-8)69(73)48-36-24-12/h49-56H,13-48,57H2,1-12H3. The van der Waals surface area contributed by atoms with Gasteiger partial charge in [-0.05, 0) is 258 Å². The number of hydrogen-bond donors (Lipinski definition) is 0. The fourth-order valence-corrected chi connectivity index (χ4v) is 19.6. The van der Waals surface area contributed by atoms with Gasteiger partial charge in [-0.1, -0.05) is 209 Å². The molecule has 0 unspecified atom stereocenters. The van der Waals surface area contributed by atoms with Crippen molar-refractivity contribution in [1.82, 2.24) is 0 Å². The molecule has 0 saturated carbocycles. The molecule has 2 heteroatoms. The molecular formula is C73H118P2. The molecule has 0 aliphatic rings. The molecule has 0 atom stereocenters. The van der Waals surface area contributed by atoms with Crippen molar-refractivity contribution in [3.63, 3.8) is 0 Å². The summed E-state index contributed by atoms with van der Waals surface area (Å²) in [6.45, 7) is 29.1. The molecular weight excluding hydrogens is 939 g/mol. The average Bonchev–Trinajstić information content (AvgIpc) is 3.43. The van der Waals surface area contributed by atoms with Crippen LogP contribution < -0.4 is 21.2 Å². The molecule has 0 aromatic heterocycles. The largest absolute Gasteiger partial charge is 0.0654 e. The van der Waals surface area contributed by atoms with Gasteiger partial charge in [-0.15, -0.1) is 0 Å². The van der Waals surface area contributed by atoms with E-state index in [2.05, 4.69) is 132 Å². The van der Waals surface area contributed by atoms with Crippen LogP contribution in [0.25, 0.3) is 0 Å². The summed E-state index contributed by atoms with van der Waals surface area (Å²) < 4.78 is 0. The average molecular weight is 1060 g/mol. The van der Waals surface area contributed by atoms with Gasteiger partial charge in [0.05, 0.1) is 0 Å². The molecule has 0 N–H and O–H groups in total. The minimum Gasteiger partial charge on any atom is -0.0654 e. The number of rotatable bonds is 42. The van der Waals surface area contributed by atoms with Gasteiger partial charge in [-0.2, -0.15) is 0 Å². The molecule has 0 amide bonds. The maximum absolute atomic E-state index is 2.79. The van der Waals surface area contributed by atoms with Gasteiger partial charge < -0.3 is 0 Å². The van der Waals surface area contributed by atoms with E-state index in [1.165, 1.54) is 237 Å². The van der Waals surface area contributed by atoms with E-state index in [9.17, 15) is 0 Å². The molecule has 0 heterocycles. The molecule has 0 aliphatic heterocycles. The van der Waals surface area contributed by atoms with Crippen molar-refractivity contribution in [1.29, 1.82) is 0 Å². The number of aryl methyl sites for hydroxylation is 4. The van der Waals surface area contributed by atoms with Crippen LogP contribution in [0.4, 0.5) is 0 Å². The van der Waals surface area contributed by atoms with E-state index >= 15 is 0 Å². The highest BCUT2D eigenvalue weighted by atomic mass is 31.2. The number of unbranched alkanes of at least 4 members (excludes halogenated alkanes) is 12. The predicted molar refractivity (Wildman–Crippen MR) is 346 cm³/mol. The zero-order chi connectivity index (χ0) is 54.2. The van der Waals surface area contributed by atoms with Gasteiger partial charge in [-0.3, -0.25) is 0 Å². The van der Waals surface area contributed by atoms with E-state index in [0.717, 1.165) is 0 Å². The monoisotopic (exact) mass is 1060 g/mol. The first-order valence-corrected chi connectivity index (χ1v) is 36.0. The lowest BCUT2D eigenvalue weighted by Gasteiger charge is -2.35. The van der Waals surface area contributed by atoms with Gasteiger partial charge in [0.1, 0.15) is 0 Å². The topological polar surface area (TPSA) is 0 Å². The van der Waals surface area contributed by atoms with Gasteiger partial charge in [0.2, 0.25) is 0 Å². The molecule has 0 nitrogen and oxygen atoms in total. The molecule has 0 spiro atoms. The lowest BCUT2D eigenvalue weighted by molar-refractivity contribution is 0.736. The summed E-state index contributed by atoms with van der Waals surface area (Å²) in [7, 11) is -1.44. The lowest BCUT2D eigenvalue weighted by atomic mass is 9.90. The van der Waals surface area contributed by atoms with Gasteiger partial charge in [0.25, 0.3) is 0 Å². The molecule has 75 heavy (non-hydrogen) atoms. The van der Waals surface area contributed by atoms with Crippen molar-refractivity contribution in [2.45, 2.75) is 314 Å². The minimum atomic E-state index is -0.722. The van der Waals surface area contributed by atoms with Crippen molar-refractivity contribution < 1.29 is 0 Å². The van der Waals surface area contributed by atoms with Gasteiger partial charge in [-0.25, -0.2) is 0 Å². The van der Waals surface area contributed by atoms with Crippen LogP contribution in [0.15, 0.2) is 48.5 Å². The highest BCUT2D eigenvalue weighted by molar-refractivity contribution is 7.88. The second-order valence-corrected chi connectivity index (χ2v) is 27.8. The van der Waals surface area contributed by atoms with E-state index in [4.69, 9.17) is 0 Å². The highest BCUT2D eigenvalue weighted by Crippen LogP contribution is 2.53. The Hall–Kier alpha value is -2.26. The normalized spacial score (nSPS) is 11.8. The van der Waals surface area contributed by atoms with Crippen LogP contribution in [-0.2, 0) is 77.0 Å². The molecule has 4 rings (SSSR count). The van der Waals surface area contributed by atoms with Crippen molar-refractivity contribution in [3.05, 3.63) is 115 Å². The smallest absolute Gasteiger partial charge is 0.00409 e. The van der Waals surface area contributed by atoms with Crippen LogP contribution in [0.3, 0.4) is 0 Å². The highest BCUT2D eigenvalue weighted by Gasteiger charge is 2.32. The summed E-state index contributed by atoms with van der Waals surface area (Å²) >= 11 is 0.